The van der Waals surface area contributed by atoms with Gasteiger partial charge in [0.25, 0.3) is 0 Å². The normalized spacial score (nSPS) is 10.8. The molecule has 18 heavy (non-hydrogen) atoms. The fourth-order valence-electron chi connectivity index (χ4n) is 2.31. The van der Waals surface area contributed by atoms with Gasteiger partial charge in [0.05, 0.1) is 0 Å². The molecule has 0 aliphatic carbocycles. The Morgan fingerprint density at radius 1 is 0.722 bits per heavy atom. The minimum atomic E-state index is 1.07. The molecule has 0 aliphatic heterocycles. The van der Waals surface area contributed by atoms with E-state index in [1.807, 2.05) is 0 Å². The third-order valence-corrected chi connectivity index (χ3v) is 3.56. The lowest BCUT2D eigenvalue weighted by atomic mass is 10.0. The van der Waals surface area contributed by atoms with E-state index in [4.69, 9.17) is 0 Å². The molecule has 0 aromatic heterocycles. The van der Waals surface area contributed by atoms with Crippen LogP contribution in [0.2, 0.25) is 0 Å². The summed E-state index contributed by atoms with van der Waals surface area (Å²) in [6, 6.07) is 9.26. The maximum absolute atomic E-state index is 3.89. The summed E-state index contributed by atoms with van der Waals surface area (Å²) in [4.78, 5) is 0. The Morgan fingerprint density at radius 2 is 1.22 bits per heavy atom. The highest BCUT2D eigenvalue weighted by Gasteiger charge is 1.96. The monoisotopic (exact) mass is 245 g/mol. The van der Waals surface area contributed by atoms with E-state index in [9.17, 15) is 0 Å². The first-order valence-corrected chi connectivity index (χ1v) is 7.74. The number of benzene rings is 1. The molecule has 0 fully saturated rings. The van der Waals surface area contributed by atoms with Crippen molar-refractivity contribution < 1.29 is 0 Å². The maximum atomic E-state index is 3.89. The first-order chi connectivity index (χ1) is 8.86. The van der Waals surface area contributed by atoms with Crippen LogP contribution in [-0.2, 0) is 12.8 Å². The zero-order chi connectivity index (χ0) is 13.1. The zero-order valence-corrected chi connectivity index (χ0v) is 12.1. The van der Waals surface area contributed by atoms with Crippen LogP contribution in [0.25, 0.3) is 0 Å². The molecule has 0 heteroatoms. The van der Waals surface area contributed by atoms with E-state index < -0.39 is 0 Å². The van der Waals surface area contributed by atoms with Crippen LogP contribution in [0.5, 0.6) is 0 Å². The van der Waals surface area contributed by atoms with Crippen LogP contribution in [0.4, 0.5) is 0 Å². The lowest BCUT2D eigenvalue weighted by Gasteiger charge is -2.04. The van der Waals surface area contributed by atoms with E-state index in [1.165, 1.54) is 68.9 Å². The lowest BCUT2D eigenvalue weighted by molar-refractivity contribution is 0.632. The molecule has 0 bridgehead atoms. The molecule has 0 unspecified atom stereocenters. The molecule has 0 spiro atoms. The highest BCUT2D eigenvalue weighted by Crippen LogP contribution is 2.12. The average molecular weight is 245 g/mol. The van der Waals surface area contributed by atoms with Crippen molar-refractivity contribution in [2.45, 2.75) is 71.1 Å². The molecule has 1 aromatic rings. The first-order valence-electron chi connectivity index (χ1n) is 7.74. The summed E-state index contributed by atoms with van der Waals surface area (Å²) in [5.41, 5.74) is 2.99. The number of hydrogen-bond acceptors (Lipinski definition) is 0. The Kier molecular flexibility index (Phi) is 8.63. The summed E-state index contributed by atoms with van der Waals surface area (Å²) in [5.74, 6) is 0. The highest BCUT2D eigenvalue weighted by atomic mass is 14.0. The van der Waals surface area contributed by atoms with Crippen molar-refractivity contribution in [2.75, 3.05) is 0 Å². The first kappa shape index (κ1) is 15.3. The van der Waals surface area contributed by atoms with Crippen LogP contribution in [0.3, 0.4) is 0 Å². The van der Waals surface area contributed by atoms with Crippen molar-refractivity contribution in [3.63, 3.8) is 0 Å². The average Bonchev–Trinajstić information content (AvgIpc) is 2.40. The standard InChI is InChI=1S/C18H29/c1-3-5-7-8-10-12-18-15-13-17(14-16-18)11-9-6-4-2/h13-16H,2-12H2,1H3. The fourth-order valence-corrected chi connectivity index (χ4v) is 2.31. The zero-order valence-electron chi connectivity index (χ0n) is 12.1. The van der Waals surface area contributed by atoms with Gasteiger partial charge in [-0.05, 0) is 36.8 Å². The van der Waals surface area contributed by atoms with Gasteiger partial charge in [0, 0.05) is 0 Å². The van der Waals surface area contributed by atoms with E-state index in [-0.39, 0.29) is 0 Å². The molecular formula is C18H29. The van der Waals surface area contributed by atoms with Gasteiger partial charge in [0.2, 0.25) is 0 Å². The predicted molar refractivity (Wildman–Crippen MR) is 81.8 cm³/mol. The molecule has 0 saturated carbocycles. The van der Waals surface area contributed by atoms with Gasteiger partial charge in [-0.2, -0.15) is 0 Å². The van der Waals surface area contributed by atoms with Crippen LogP contribution in [0.1, 0.15) is 69.4 Å². The van der Waals surface area contributed by atoms with Crippen molar-refractivity contribution in [2.24, 2.45) is 0 Å². The van der Waals surface area contributed by atoms with Gasteiger partial charge >= 0.3 is 0 Å². The van der Waals surface area contributed by atoms with Crippen molar-refractivity contribution in [1.29, 1.82) is 0 Å². The third kappa shape index (κ3) is 6.83. The smallest absolute Gasteiger partial charge is 0.0279 e. The van der Waals surface area contributed by atoms with E-state index in [2.05, 4.69) is 38.1 Å². The van der Waals surface area contributed by atoms with Crippen LogP contribution in [0, 0.1) is 6.92 Å². The van der Waals surface area contributed by atoms with Gasteiger partial charge in [-0.15, -0.1) is 0 Å². The van der Waals surface area contributed by atoms with Crippen LogP contribution in [-0.4, -0.2) is 0 Å². The molecule has 0 saturated heterocycles. The Morgan fingerprint density at radius 3 is 1.72 bits per heavy atom. The Hall–Kier alpha value is -0.780. The molecule has 0 N–H and O–H groups in total. The summed E-state index contributed by atoms with van der Waals surface area (Å²) in [6.07, 6.45) is 12.9. The van der Waals surface area contributed by atoms with Gasteiger partial charge in [-0.25, -0.2) is 0 Å². The lowest BCUT2D eigenvalue weighted by Crippen LogP contribution is -1.89. The molecule has 1 aromatic carbocycles. The summed E-state index contributed by atoms with van der Waals surface area (Å²) < 4.78 is 0. The molecule has 0 heterocycles. The van der Waals surface area contributed by atoms with Crippen LogP contribution in [0.15, 0.2) is 24.3 Å². The predicted octanol–water partition coefficient (Wildman–Crippen LogP) is 5.75. The topological polar surface area (TPSA) is 0 Å². The van der Waals surface area contributed by atoms with Crippen LogP contribution >= 0.6 is 0 Å². The van der Waals surface area contributed by atoms with Crippen LogP contribution < -0.4 is 0 Å². The molecule has 101 valence electrons. The highest BCUT2D eigenvalue weighted by molar-refractivity contribution is 5.22. The third-order valence-electron chi connectivity index (χ3n) is 3.56. The van der Waals surface area contributed by atoms with E-state index in [0.29, 0.717) is 0 Å². The molecular weight excluding hydrogens is 216 g/mol. The van der Waals surface area contributed by atoms with E-state index in [1.54, 1.807) is 0 Å². The summed E-state index contributed by atoms with van der Waals surface area (Å²) in [5, 5.41) is 0. The Balaban J connectivity index is 2.19. The summed E-state index contributed by atoms with van der Waals surface area (Å²) >= 11 is 0. The fraction of sp³-hybridized carbons (Fsp3) is 0.611. The number of rotatable bonds is 10. The molecule has 1 rings (SSSR count). The number of unbranched alkanes of at least 4 members (excludes halogenated alkanes) is 6. The maximum Gasteiger partial charge on any atom is -0.0279 e. The van der Waals surface area contributed by atoms with Crippen molar-refractivity contribution >= 4 is 0 Å². The summed E-state index contributed by atoms with van der Waals surface area (Å²) in [7, 11) is 0. The second kappa shape index (κ2) is 10.2. The van der Waals surface area contributed by atoms with Gasteiger partial charge < -0.3 is 0 Å². The SMILES string of the molecule is [CH2]CCCCc1ccc(CCCCCCC)cc1. The largest absolute Gasteiger partial charge is 0.0654 e. The van der Waals surface area contributed by atoms with E-state index in [0.717, 1.165) is 6.42 Å². The minimum absolute atomic E-state index is 1.07. The Labute approximate surface area is 114 Å². The van der Waals surface area contributed by atoms with Crippen molar-refractivity contribution in [1.82, 2.24) is 0 Å². The molecule has 0 amide bonds. The number of hydrogen-bond donors (Lipinski definition) is 0. The minimum Gasteiger partial charge on any atom is -0.0654 e. The second-order valence-electron chi connectivity index (χ2n) is 5.29. The molecule has 1 radical (unpaired) electrons. The van der Waals surface area contributed by atoms with Crippen molar-refractivity contribution in [3.8, 4) is 0 Å². The van der Waals surface area contributed by atoms with Gasteiger partial charge in [0.15, 0.2) is 0 Å². The second-order valence-corrected chi connectivity index (χ2v) is 5.29. The van der Waals surface area contributed by atoms with Gasteiger partial charge in [-0.3, -0.25) is 0 Å². The number of aryl methyl sites for hydroxylation is 2. The van der Waals surface area contributed by atoms with Gasteiger partial charge in [0.1, 0.15) is 0 Å². The van der Waals surface area contributed by atoms with Crippen molar-refractivity contribution in [3.05, 3.63) is 42.3 Å². The Bertz CT molecular complexity index is 283. The molecule has 0 nitrogen and oxygen atoms in total. The summed E-state index contributed by atoms with van der Waals surface area (Å²) in [6.45, 7) is 6.16. The van der Waals surface area contributed by atoms with E-state index >= 15 is 0 Å². The molecule has 0 aliphatic rings. The van der Waals surface area contributed by atoms with Gasteiger partial charge in [-0.1, -0.05) is 76.6 Å². The molecule has 0 atom stereocenters. The quantitative estimate of drug-likeness (QED) is 0.461.